The second-order valence-corrected chi connectivity index (χ2v) is 6.30. The van der Waals surface area contributed by atoms with Gasteiger partial charge in [0, 0.05) is 31.1 Å². The Labute approximate surface area is 125 Å². The molecule has 0 N–H and O–H groups in total. The van der Waals surface area contributed by atoms with Crippen LogP contribution in [0.4, 0.5) is 5.82 Å². The summed E-state index contributed by atoms with van der Waals surface area (Å²) in [4.78, 5) is 14.2. The number of hydrogen-bond acceptors (Lipinski definition) is 4. The van der Waals surface area contributed by atoms with Crippen LogP contribution in [0.2, 0.25) is 0 Å². The molecule has 4 rings (SSSR count). The highest BCUT2D eigenvalue weighted by molar-refractivity contribution is 5.92. The second-order valence-electron chi connectivity index (χ2n) is 6.30. The Balaban J connectivity index is 1.70. The van der Waals surface area contributed by atoms with Crippen LogP contribution in [0.5, 0.6) is 0 Å². The lowest BCUT2D eigenvalue weighted by molar-refractivity contribution is 0.133. The van der Waals surface area contributed by atoms with Gasteiger partial charge in [0.1, 0.15) is 12.1 Å². The zero-order valence-corrected chi connectivity index (χ0v) is 12.6. The quantitative estimate of drug-likeness (QED) is 0.805. The number of aryl methyl sites for hydroxylation is 1. The maximum atomic E-state index is 4.63. The fourth-order valence-corrected chi connectivity index (χ4v) is 3.85. The van der Waals surface area contributed by atoms with Crippen molar-refractivity contribution in [1.82, 2.24) is 14.9 Å². The number of nitrogens with zero attached hydrogens (tertiary/aromatic N) is 4. The maximum absolute atomic E-state index is 4.63. The number of piperazine rings is 1. The van der Waals surface area contributed by atoms with Gasteiger partial charge in [-0.1, -0.05) is 18.6 Å². The van der Waals surface area contributed by atoms with Gasteiger partial charge in [0.15, 0.2) is 0 Å². The van der Waals surface area contributed by atoms with Crippen molar-refractivity contribution < 1.29 is 0 Å². The van der Waals surface area contributed by atoms with Gasteiger partial charge < -0.3 is 4.90 Å². The third-order valence-corrected chi connectivity index (χ3v) is 4.99. The molecule has 1 aromatic heterocycles. The number of fused-ring (bicyclic) bond motifs is 2. The minimum Gasteiger partial charge on any atom is -0.353 e. The van der Waals surface area contributed by atoms with E-state index in [1.54, 1.807) is 6.33 Å². The fraction of sp³-hybridized carbons (Fsp3) is 0.529. The van der Waals surface area contributed by atoms with Crippen LogP contribution in [0.25, 0.3) is 10.9 Å². The van der Waals surface area contributed by atoms with Crippen LogP contribution in [0.15, 0.2) is 24.5 Å². The molecule has 1 atom stereocenters. The van der Waals surface area contributed by atoms with Gasteiger partial charge >= 0.3 is 0 Å². The van der Waals surface area contributed by atoms with Gasteiger partial charge in [-0.05, 0) is 37.9 Å². The third kappa shape index (κ3) is 2.27. The van der Waals surface area contributed by atoms with Crippen molar-refractivity contribution in [2.75, 3.05) is 31.1 Å². The lowest BCUT2D eigenvalue weighted by atomic mass is 9.99. The highest BCUT2D eigenvalue weighted by Gasteiger charge is 2.30. The van der Waals surface area contributed by atoms with Gasteiger partial charge in [-0.2, -0.15) is 0 Å². The summed E-state index contributed by atoms with van der Waals surface area (Å²) in [5, 5.41) is 1.23. The molecule has 0 spiro atoms. The summed E-state index contributed by atoms with van der Waals surface area (Å²) in [7, 11) is 0. The minimum absolute atomic E-state index is 0.710. The van der Waals surface area contributed by atoms with Gasteiger partial charge in [-0.3, -0.25) is 4.90 Å². The van der Waals surface area contributed by atoms with E-state index in [-0.39, 0.29) is 0 Å². The summed E-state index contributed by atoms with van der Waals surface area (Å²) < 4.78 is 0. The highest BCUT2D eigenvalue weighted by atomic mass is 15.3. The standard InChI is InChI=1S/C17H22N4/c1-13-5-4-7-15-16(13)17(19-12-18-15)21-10-9-20-8-3-2-6-14(20)11-21/h4-5,7,12,14H,2-3,6,8-11H2,1H3. The first-order valence-electron chi connectivity index (χ1n) is 8.02. The zero-order valence-electron chi connectivity index (χ0n) is 12.6. The van der Waals surface area contributed by atoms with Gasteiger partial charge in [-0.15, -0.1) is 0 Å². The van der Waals surface area contributed by atoms with Crippen LogP contribution >= 0.6 is 0 Å². The van der Waals surface area contributed by atoms with E-state index in [0.717, 1.165) is 24.4 Å². The molecule has 2 aliphatic heterocycles. The van der Waals surface area contributed by atoms with Crippen molar-refractivity contribution in [3.63, 3.8) is 0 Å². The van der Waals surface area contributed by atoms with Crippen LogP contribution in [0.1, 0.15) is 24.8 Å². The lowest BCUT2D eigenvalue weighted by Crippen LogP contribution is -2.55. The van der Waals surface area contributed by atoms with Crippen LogP contribution in [0.3, 0.4) is 0 Å². The topological polar surface area (TPSA) is 32.3 Å². The van der Waals surface area contributed by atoms with Crippen LogP contribution in [0, 0.1) is 6.92 Å². The van der Waals surface area contributed by atoms with Crippen molar-refractivity contribution >= 4 is 16.7 Å². The molecule has 4 heteroatoms. The summed E-state index contributed by atoms with van der Waals surface area (Å²) in [6.07, 6.45) is 5.79. The van der Waals surface area contributed by atoms with Crippen molar-refractivity contribution in [2.24, 2.45) is 0 Å². The molecule has 3 heterocycles. The summed E-state index contributed by atoms with van der Waals surface area (Å²) >= 11 is 0. The summed E-state index contributed by atoms with van der Waals surface area (Å²) in [6, 6.07) is 7.03. The van der Waals surface area contributed by atoms with Crippen molar-refractivity contribution in [3.8, 4) is 0 Å². The largest absolute Gasteiger partial charge is 0.353 e. The van der Waals surface area contributed by atoms with E-state index >= 15 is 0 Å². The predicted octanol–water partition coefficient (Wildman–Crippen LogP) is 2.61. The first-order chi connectivity index (χ1) is 10.3. The zero-order chi connectivity index (χ0) is 14.2. The van der Waals surface area contributed by atoms with E-state index in [1.807, 2.05) is 0 Å². The molecule has 110 valence electrons. The molecular weight excluding hydrogens is 260 g/mol. The molecule has 0 bridgehead atoms. The fourth-order valence-electron chi connectivity index (χ4n) is 3.85. The number of hydrogen-bond donors (Lipinski definition) is 0. The third-order valence-electron chi connectivity index (χ3n) is 4.99. The Kier molecular flexibility index (Phi) is 3.26. The molecule has 0 aliphatic carbocycles. The van der Waals surface area contributed by atoms with Crippen molar-refractivity contribution in [2.45, 2.75) is 32.2 Å². The molecule has 0 saturated carbocycles. The molecule has 2 fully saturated rings. The van der Waals surface area contributed by atoms with Crippen LogP contribution < -0.4 is 4.90 Å². The second kappa shape index (κ2) is 5.26. The van der Waals surface area contributed by atoms with E-state index in [1.165, 1.54) is 43.3 Å². The molecule has 4 nitrogen and oxygen atoms in total. The Morgan fingerprint density at radius 2 is 2.05 bits per heavy atom. The van der Waals surface area contributed by atoms with E-state index in [4.69, 9.17) is 0 Å². The molecule has 1 aromatic carbocycles. The lowest BCUT2D eigenvalue weighted by Gasteiger charge is -2.44. The first-order valence-corrected chi connectivity index (χ1v) is 8.02. The number of aromatic nitrogens is 2. The Morgan fingerprint density at radius 1 is 1.10 bits per heavy atom. The average molecular weight is 282 g/mol. The number of benzene rings is 1. The van der Waals surface area contributed by atoms with E-state index in [2.05, 4.69) is 44.9 Å². The summed E-state index contributed by atoms with van der Waals surface area (Å²) in [5.41, 5.74) is 2.33. The SMILES string of the molecule is Cc1cccc2ncnc(N3CCN4CCCCC4C3)c12. The number of piperidine rings is 1. The van der Waals surface area contributed by atoms with Gasteiger partial charge in [0.25, 0.3) is 0 Å². The monoisotopic (exact) mass is 282 g/mol. The van der Waals surface area contributed by atoms with Crippen molar-refractivity contribution in [3.05, 3.63) is 30.1 Å². The molecule has 2 aliphatic rings. The molecule has 0 radical (unpaired) electrons. The normalized spacial score (nSPS) is 23.3. The van der Waals surface area contributed by atoms with Gasteiger partial charge in [0.05, 0.1) is 5.52 Å². The van der Waals surface area contributed by atoms with Crippen LogP contribution in [-0.4, -0.2) is 47.1 Å². The molecule has 2 aromatic rings. The summed E-state index contributed by atoms with van der Waals surface area (Å²) in [5.74, 6) is 1.13. The minimum atomic E-state index is 0.710. The van der Waals surface area contributed by atoms with Crippen molar-refractivity contribution in [1.29, 1.82) is 0 Å². The Morgan fingerprint density at radius 3 is 3.00 bits per heavy atom. The number of anilines is 1. The molecule has 0 amide bonds. The Bertz CT molecular complexity index is 649. The Hall–Kier alpha value is -1.68. The number of rotatable bonds is 1. The van der Waals surface area contributed by atoms with E-state index < -0.39 is 0 Å². The van der Waals surface area contributed by atoms with Crippen LogP contribution in [-0.2, 0) is 0 Å². The average Bonchev–Trinajstić information content (AvgIpc) is 2.54. The smallest absolute Gasteiger partial charge is 0.140 e. The van der Waals surface area contributed by atoms with E-state index in [0.29, 0.717) is 6.04 Å². The molecule has 21 heavy (non-hydrogen) atoms. The molecule has 2 saturated heterocycles. The van der Waals surface area contributed by atoms with Gasteiger partial charge in [-0.25, -0.2) is 9.97 Å². The van der Waals surface area contributed by atoms with Gasteiger partial charge in [0.2, 0.25) is 0 Å². The molecule has 1 unspecified atom stereocenters. The first kappa shape index (κ1) is 13.0. The molecular formula is C17H22N4. The predicted molar refractivity (Wildman–Crippen MR) is 85.7 cm³/mol. The summed E-state index contributed by atoms with van der Waals surface area (Å²) in [6.45, 7) is 6.80. The highest BCUT2D eigenvalue weighted by Crippen LogP contribution is 2.29. The maximum Gasteiger partial charge on any atom is 0.140 e. The van der Waals surface area contributed by atoms with E-state index in [9.17, 15) is 0 Å².